The molecule has 0 amide bonds. The Bertz CT molecular complexity index is 2070. The number of hydrogen-bond donors (Lipinski definition) is 2. The number of hydrazone groups is 1. The van der Waals surface area contributed by atoms with Gasteiger partial charge in [-0.25, -0.2) is 20.2 Å². The molecule has 19 nitrogen and oxygen atoms in total. The van der Waals surface area contributed by atoms with Crippen molar-refractivity contribution in [1.29, 1.82) is 0 Å². The number of aromatic nitrogens is 2. The zero-order valence-corrected chi connectivity index (χ0v) is 33.0. The molecule has 0 aliphatic heterocycles. The van der Waals surface area contributed by atoms with Gasteiger partial charge >= 0.3 is 18.3 Å². The summed E-state index contributed by atoms with van der Waals surface area (Å²) in [5.74, 6) is 5.29. The molecular weight excluding hydrogens is 770 g/mol. The number of nitrogens with two attached hydrogens (primary N) is 2. The van der Waals surface area contributed by atoms with Gasteiger partial charge in [-0.05, 0) is 80.7 Å². The highest BCUT2D eigenvalue weighted by Crippen LogP contribution is 2.29. The fourth-order valence-electron chi connectivity index (χ4n) is 6.42. The van der Waals surface area contributed by atoms with Crippen molar-refractivity contribution >= 4 is 35.1 Å². The minimum absolute atomic E-state index is 0.0325. The third kappa shape index (κ3) is 12.9. The van der Waals surface area contributed by atoms with Gasteiger partial charge in [0.2, 0.25) is 6.29 Å². The van der Waals surface area contributed by atoms with Crippen LogP contribution in [0.2, 0.25) is 0 Å². The number of amidine groups is 1. The first-order chi connectivity index (χ1) is 28.5. The fourth-order valence-corrected chi connectivity index (χ4v) is 6.42. The van der Waals surface area contributed by atoms with Crippen molar-refractivity contribution < 1.29 is 52.7 Å². The van der Waals surface area contributed by atoms with Crippen LogP contribution in [0.5, 0.6) is 6.01 Å². The van der Waals surface area contributed by atoms with Crippen LogP contribution in [-0.4, -0.2) is 82.8 Å². The van der Waals surface area contributed by atoms with Gasteiger partial charge in [0, 0.05) is 12.5 Å². The maximum atomic E-state index is 13.5. The summed E-state index contributed by atoms with van der Waals surface area (Å²) in [7, 11) is 0. The number of fused-ring (bicyclic) bond motifs is 1. The maximum Gasteiger partial charge on any atom is 0.511 e. The van der Waals surface area contributed by atoms with Gasteiger partial charge in [0.05, 0.1) is 43.0 Å². The van der Waals surface area contributed by atoms with Gasteiger partial charge in [0.25, 0.3) is 11.1 Å². The normalized spacial score (nSPS) is 13.6. The van der Waals surface area contributed by atoms with Gasteiger partial charge in [-0.3, -0.25) is 4.57 Å². The van der Waals surface area contributed by atoms with Gasteiger partial charge in [0.15, 0.2) is 12.6 Å². The molecule has 3 aromatic carbocycles. The predicted molar refractivity (Wildman–Crippen MR) is 212 cm³/mol. The van der Waals surface area contributed by atoms with E-state index < -0.39 is 36.4 Å². The third-order valence-corrected chi connectivity index (χ3v) is 9.14. The molecule has 1 fully saturated rings. The van der Waals surface area contributed by atoms with Crippen molar-refractivity contribution in [3.63, 3.8) is 0 Å². The van der Waals surface area contributed by atoms with Crippen LogP contribution >= 0.6 is 0 Å². The second-order valence-electron chi connectivity index (χ2n) is 13.5. The van der Waals surface area contributed by atoms with Crippen LogP contribution < -0.4 is 16.3 Å². The van der Waals surface area contributed by atoms with Crippen LogP contribution in [0.1, 0.15) is 86.7 Å². The summed E-state index contributed by atoms with van der Waals surface area (Å²) in [6.45, 7) is 3.49. The molecule has 1 unspecified atom stereocenters. The van der Waals surface area contributed by atoms with E-state index in [-0.39, 0.29) is 37.3 Å². The number of benzene rings is 3. The third-order valence-electron chi connectivity index (χ3n) is 9.14. The molecule has 1 saturated carbocycles. The predicted octanol–water partition coefficient (Wildman–Crippen LogP) is 6.42. The smallest absolute Gasteiger partial charge is 0.465 e. The van der Waals surface area contributed by atoms with Crippen molar-refractivity contribution in [2.24, 2.45) is 16.7 Å². The number of nitrogens with zero attached hydrogens (tertiary/aromatic N) is 5. The number of imidazole rings is 1. The molecule has 1 atom stereocenters. The van der Waals surface area contributed by atoms with Crippen molar-refractivity contribution in [2.75, 3.05) is 26.6 Å². The number of hydrazine groups is 1. The summed E-state index contributed by atoms with van der Waals surface area (Å²) in [6, 6.07) is 20.4. The minimum Gasteiger partial charge on any atom is -0.465 e. The van der Waals surface area contributed by atoms with Crippen molar-refractivity contribution in [1.82, 2.24) is 14.7 Å². The van der Waals surface area contributed by atoms with E-state index in [2.05, 4.69) is 14.9 Å². The van der Waals surface area contributed by atoms with E-state index in [9.17, 15) is 24.5 Å². The molecule has 0 saturated heterocycles. The first-order valence-corrected chi connectivity index (χ1v) is 19.3. The summed E-state index contributed by atoms with van der Waals surface area (Å²) in [4.78, 5) is 56.9. The van der Waals surface area contributed by atoms with Crippen molar-refractivity contribution in [2.45, 2.75) is 84.2 Å². The van der Waals surface area contributed by atoms with Gasteiger partial charge in [0.1, 0.15) is 6.10 Å². The first kappa shape index (κ1) is 43.5. The average Bonchev–Trinajstić information content (AvgIpc) is 3.56. The first-order valence-electron chi connectivity index (χ1n) is 19.3. The molecule has 5 rings (SSSR count). The second-order valence-corrected chi connectivity index (χ2v) is 13.5. The van der Waals surface area contributed by atoms with Crippen LogP contribution in [0, 0.1) is 10.1 Å². The van der Waals surface area contributed by atoms with E-state index in [1.165, 1.54) is 6.92 Å². The molecule has 0 spiro atoms. The molecule has 19 heteroatoms. The molecule has 316 valence electrons. The zero-order valence-electron chi connectivity index (χ0n) is 33.0. The number of carbonyl (C=O) groups excluding carboxylic acids is 3. The molecule has 1 heterocycles. The highest BCUT2D eigenvalue weighted by molar-refractivity contribution is 6.03. The summed E-state index contributed by atoms with van der Waals surface area (Å²) in [5, 5.41) is 14.3. The SMILES string of the molecule is CCOc1nc2cccc(C(=O)OC(C)OC(=O)OC3CCCCC3)c2n1Cc1ccc(-c2ccccc2/C(N)=N/N(N)COC(=O)OCCCCCO[N+](=O)[O-])cc1. The lowest BCUT2D eigenvalue weighted by atomic mass is 9.98. The molecule has 1 aliphatic rings. The van der Waals surface area contributed by atoms with Crippen LogP contribution in [0.25, 0.3) is 22.2 Å². The number of rotatable bonds is 20. The Labute approximate surface area is 340 Å². The van der Waals surface area contributed by atoms with Crippen LogP contribution in [0.3, 0.4) is 0 Å². The molecule has 4 aromatic rings. The summed E-state index contributed by atoms with van der Waals surface area (Å²) in [6.07, 6.45) is 2.87. The molecule has 1 aliphatic carbocycles. The minimum atomic E-state index is -1.20. The summed E-state index contributed by atoms with van der Waals surface area (Å²) < 4.78 is 33.9. The zero-order chi connectivity index (χ0) is 42.1. The number of para-hydroxylation sites is 1. The van der Waals surface area contributed by atoms with E-state index in [1.807, 2.05) is 43.3 Å². The van der Waals surface area contributed by atoms with Crippen LogP contribution in [0.4, 0.5) is 9.59 Å². The molecule has 0 radical (unpaired) electrons. The molecule has 1 aromatic heterocycles. The van der Waals surface area contributed by atoms with Crippen molar-refractivity contribution in [3.05, 3.63) is 93.5 Å². The van der Waals surface area contributed by atoms with Gasteiger partial charge in [-0.2, -0.15) is 10.1 Å². The Hall–Kier alpha value is -6.63. The number of unbranched alkanes of at least 4 members (excludes halogenated alkanes) is 2. The monoisotopic (exact) mass is 819 g/mol. The highest BCUT2D eigenvalue weighted by Gasteiger charge is 2.25. The second kappa shape index (κ2) is 21.8. The molecular formula is C40H49N7O12. The fraction of sp³-hybridized carbons (Fsp3) is 0.425. The average molecular weight is 820 g/mol. The number of hydrogen-bond acceptors (Lipinski definition) is 16. The molecule has 59 heavy (non-hydrogen) atoms. The largest absolute Gasteiger partial charge is 0.511 e. The lowest BCUT2D eigenvalue weighted by Crippen LogP contribution is -2.33. The Balaban J connectivity index is 1.22. The Kier molecular flexibility index (Phi) is 16.0. The summed E-state index contributed by atoms with van der Waals surface area (Å²) in [5.41, 5.74) is 10.6. The number of carbonyl (C=O) groups is 3. The highest BCUT2D eigenvalue weighted by atomic mass is 16.9. The van der Waals surface area contributed by atoms with Crippen molar-refractivity contribution in [3.8, 4) is 17.1 Å². The Morgan fingerprint density at radius 3 is 2.41 bits per heavy atom. The van der Waals surface area contributed by atoms with E-state index >= 15 is 0 Å². The number of esters is 1. The standard InChI is InChI=1S/C40H49N7O12/c1-3-53-38-43-34-18-12-17-33(37(48)57-27(2)58-40(50)59-30-13-6-4-7-14-30)35(34)45(38)25-28-19-21-29(22-20-28)31-15-8-9-16-32(31)36(41)44-46(42)26-55-39(49)54-23-10-5-11-24-56-47(51)52/h8-9,12,15-22,27,30H,3-7,10-11,13-14,23-26,42H2,1-2H3,(H2,41,44). The lowest BCUT2D eigenvalue weighted by Gasteiger charge is -2.22. The quantitative estimate of drug-likeness (QED) is 0.0112. The molecule has 0 bridgehead atoms. The Morgan fingerprint density at radius 2 is 1.66 bits per heavy atom. The van der Waals surface area contributed by atoms with Gasteiger partial charge in [-0.1, -0.05) is 61.0 Å². The lowest BCUT2D eigenvalue weighted by molar-refractivity contribution is -0.757. The molecule has 4 N–H and O–H groups in total. The van der Waals surface area contributed by atoms with Gasteiger partial charge in [-0.15, -0.1) is 15.2 Å². The van der Waals surface area contributed by atoms with Crippen LogP contribution in [0.15, 0.2) is 71.8 Å². The van der Waals surface area contributed by atoms with E-state index in [0.717, 1.165) is 53.9 Å². The Morgan fingerprint density at radius 1 is 0.932 bits per heavy atom. The van der Waals surface area contributed by atoms with E-state index in [0.29, 0.717) is 48.5 Å². The van der Waals surface area contributed by atoms with Gasteiger partial charge < -0.3 is 39.0 Å². The topological polar surface area (TPSA) is 244 Å². The maximum absolute atomic E-state index is 13.5. The van der Waals surface area contributed by atoms with E-state index in [1.54, 1.807) is 34.9 Å². The van der Waals surface area contributed by atoms with Crippen LogP contribution in [-0.2, 0) is 35.1 Å². The number of ether oxygens (including phenoxy) is 6. The van der Waals surface area contributed by atoms with E-state index in [4.69, 9.17) is 40.0 Å². The summed E-state index contributed by atoms with van der Waals surface area (Å²) >= 11 is 0.